The molecule has 74 valence electrons. The summed E-state index contributed by atoms with van der Waals surface area (Å²) in [5.41, 5.74) is 0.492. The minimum atomic E-state index is -0.392. The third kappa shape index (κ3) is 2.24. The van der Waals surface area contributed by atoms with Crippen LogP contribution in [-0.2, 0) is 6.42 Å². The SMILES string of the molecule is COc1ccc(Br)c(CCC#N)c1F. The number of halogens is 2. The smallest absolute Gasteiger partial charge is 0.169 e. The van der Waals surface area contributed by atoms with Gasteiger partial charge in [0, 0.05) is 16.5 Å². The zero-order chi connectivity index (χ0) is 10.6. The van der Waals surface area contributed by atoms with Gasteiger partial charge in [0.1, 0.15) is 0 Å². The van der Waals surface area contributed by atoms with Crippen LogP contribution in [0.2, 0.25) is 0 Å². The van der Waals surface area contributed by atoms with Crippen molar-refractivity contribution in [3.05, 3.63) is 28.0 Å². The Kier molecular flexibility index (Phi) is 3.90. The second-order valence-electron chi connectivity index (χ2n) is 2.70. The highest BCUT2D eigenvalue weighted by Gasteiger charge is 2.11. The van der Waals surface area contributed by atoms with Gasteiger partial charge in [-0.25, -0.2) is 4.39 Å². The molecule has 0 N–H and O–H groups in total. The molecule has 0 aliphatic carbocycles. The summed E-state index contributed by atoms with van der Waals surface area (Å²) in [7, 11) is 1.42. The minimum Gasteiger partial charge on any atom is -0.494 e. The van der Waals surface area contributed by atoms with Gasteiger partial charge >= 0.3 is 0 Å². The number of benzene rings is 1. The molecule has 0 atom stereocenters. The van der Waals surface area contributed by atoms with Crippen molar-refractivity contribution >= 4 is 15.9 Å². The monoisotopic (exact) mass is 257 g/mol. The van der Waals surface area contributed by atoms with Gasteiger partial charge in [-0.1, -0.05) is 15.9 Å². The summed E-state index contributed by atoms with van der Waals surface area (Å²) < 4.78 is 19.1. The van der Waals surface area contributed by atoms with Gasteiger partial charge in [0.05, 0.1) is 13.2 Å². The molecule has 1 aromatic carbocycles. The fourth-order valence-corrected chi connectivity index (χ4v) is 1.65. The van der Waals surface area contributed by atoms with Gasteiger partial charge in [0.25, 0.3) is 0 Å². The van der Waals surface area contributed by atoms with E-state index in [1.807, 2.05) is 6.07 Å². The molecule has 0 saturated heterocycles. The van der Waals surface area contributed by atoms with Crippen molar-refractivity contribution < 1.29 is 9.13 Å². The van der Waals surface area contributed by atoms with Gasteiger partial charge in [0.15, 0.2) is 11.6 Å². The average molecular weight is 258 g/mol. The molecule has 0 radical (unpaired) electrons. The Morgan fingerprint density at radius 1 is 1.57 bits per heavy atom. The number of nitriles is 1. The van der Waals surface area contributed by atoms with Crippen molar-refractivity contribution in [2.45, 2.75) is 12.8 Å². The summed E-state index contributed by atoms with van der Waals surface area (Å²) >= 11 is 3.24. The molecule has 0 aliphatic heterocycles. The fourth-order valence-electron chi connectivity index (χ4n) is 1.14. The van der Waals surface area contributed by atoms with Crippen molar-refractivity contribution in [1.29, 1.82) is 5.26 Å². The molecule has 0 heterocycles. The summed E-state index contributed by atoms with van der Waals surface area (Å²) in [5.74, 6) is -0.182. The molecule has 14 heavy (non-hydrogen) atoms. The molecule has 4 heteroatoms. The van der Waals surface area contributed by atoms with E-state index in [2.05, 4.69) is 15.9 Å². The third-order valence-corrected chi connectivity index (χ3v) is 2.60. The average Bonchev–Trinajstić information content (AvgIpc) is 2.18. The molecule has 1 rings (SSSR count). The Morgan fingerprint density at radius 3 is 2.86 bits per heavy atom. The van der Waals surface area contributed by atoms with Gasteiger partial charge in [-0.15, -0.1) is 0 Å². The van der Waals surface area contributed by atoms with E-state index >= 15 is 0 Å². The summed E-state index contributed by atoms with van der Waals surface area (Å²) in [5, 5.41) is 8.42. The van der Waals surface area contributed by atoms with E-state index < -0.39 is 5.82 Å². The highest BCUT2D eigenvalue weighted by molar-refractivity contribution is 9.10. The van der Waals surface area contributed by atoms with E-state index in [1.54, 1.807) is 12.1 Å². The zero-order valence-corrected chi connectivity index (χ0v) is 9.27. The fraction of sp³-hybridized carbons (Fsp3) is 0.300. The van der Waals surface area contributed by atoms with Crippen molar-refractivity contribution in [1.82, 2.24) is 0 Å². The maximum atomic E-state index is 13.6. The number of ether oxygens (including phenoxy) is 1. The summed E-state index contributed by atoms with van der Waals surface area (Å²) in [6, 6.07) is 5.25. The van der Waals surface area contributed by atoms with Crippen molar-refractivity contribution in [2.24, 2.45) is 0 Å². The van der Waals surface area contributed by atoms with Crippen molar-refractivity contribution in [3.63, 3.8) is 0 Å². The Morgan fingerprint density at radius 2 is 2.29 bits per heavy atom. The molecular weight excluding hydrogens is 249 g/mol. The van der Waals surface area contributed by atoms with E-state index in [4.69, 9.17) is 10.00 Å². The van der Waals surface area contributed by atoms with Crippen LogP contribution in [0.4, 0.5) is 4.39 Å². The molecule has 0 spiro atoms. The van der Waals surface area contributed by atoms with Gasteiger partial charge in [0.2, 0.25) is 0 Å². The van der Waals surface area contributed by atoms with E-state index in [9.17, 15) is 4.39 Å². The zero-order valence-electron chi connectivity index (χ0n) is 7.68. The molecule has 0 saturated carbocycles. The highest BCUT2D eigenvalue weighted by Crippen LogP contribution is 2.28. The first kappa shape index (κ1) is 11.0. The third-order valence-electron chi connectivity index (χ3n) is 1.86. The number of nitrogens with zero attached hydrogens (tertiary/aromatic N) is 1. The van der Waals surface area contributed by atoms with Crippen LogP contribution in [0.5, 0.6) is 5.75 Å². The maximum Gasteiger partial charge on any atom is 0.169 e. The second-order valence-corrected chi connectivity index (χ2v) is 3.55. The second kappa shape index (κ2) is 4.97. The van der Waals surface area contributed by atoms with Crippen LogP contribution in [-0.4, -0.2) is 7.11 Å². The number of hydrogen-bond donors (Lipinski definition) is 0. The van der Waals surface area contributed by atoms with Crippen molar-refractivity contribution in [2.75, 3.05) is 7.11 Å². The quantitative estimate of drug-likeness (QED) is 0.834. The minimum absolute atomic E-state index is 0.209. The van der Waals surface area contributed by atoms with Crippen LogP contribution in [0, 0.1) is 17.1 Å². The Hall–Kier alpha value is -1.08. The van der Waals surface area contributed by atoms with E-state index in [0.29, 0.717) is 22.9 Å². The van der Waals surface area contributed by atoms with Gasteiger partial charge in [-0.3, -0.25) is 0 Å². The molecule has 0 bridgehead atoms. The van der Waals surface area contributed by atoms with Gasteiger partial charge in [-0.05, 0) is 18.6 Å². The van der Waals surface area contributed by atoms with Crippen LogP contribution in [0.3, 0.4) is 0 Å². The predicted octanol–water partition coefficient (Wildman–Crippen LogP) is 3.05. The van der Waals surface area contributed by atoms with E-state index in [0.717, 1.165) is 0 Å². The van der Waals surface area contributed by atoms with Gasteiger partial charge < -0.3 is 4.74 Å². The lowest BCUT2D eigenvalue weighted by Gasteiger charge is -2.07. The maximum absolute atomic E-state index is 13.6. The molecule has 1 aromatic rings. The lowest BCUT2D eigenvalue weighted by molar-refractivity contribution is 0.384. The first-order chi connectivity index (χ1) is 6.70. The van der Waals surface area contributed by atoms with Crippen LogP contribution >= 0.6 is 15.9 Å². The van der Waals surface area contributed by atoms with Crippen LogP contribution in [0.1, 0.15) is 12.0 Å². The predicted molar refractivity (Wildman–Crippen MR) is 54.6 cm³/mol. The molecule has 0 aliphatic rings. The first-order valence-corrected chi connectivity index (χ1v) is 4.87. The highest BCUT2D eigenvalue weighted by atomic mass is 79.9. The lowest BCUT2D eigenvalue weighted by atomic mass is 10.1. The van der Waals surface area contributed by atoms with Crippen LogP contribution in [0.15, 0.2) is 16.6 Å². The number of methoxy groups -OCH3 is 1. The summed E-state index contributed by atoms with van der Waals surface area (Å²) in [6.45, 7) is 0. The normalized spacial score (nSPS) is 9.57. The van der Waals surface area contributed by atoms with Crippen LogP contribution < -0.4 is 4.74 Å². The molecule has 0 aromatic heterocycles. The standard InChI is InChI=1S/C10H9BrFNO/c1-14-9-5-4-8(11)7(10(9)12)3-2-6-13/h4-5H,2-3H2,1H3. The van der Waals surface area contributed by atoms with E-state index in [-0.39, 0.29) is 5.75 Å². The number of rotatable bonds is 3. The first-order valence-electron chi connectivity index (χ1n) is 4.08. The molecule has 0 fully saturated rings. The Balaban J connectivity index is 3.06. The largest absolute Gasteiger partial charge is 0.494 e. The van der Waals surface area contributed by atoms with Crippen LogP contribution in [0.25, 0.3) is 0 Å². The molecule has 2 nitrogen and oxygen atoms in total. The number of hydrogen-bond acceptors (Lipinski definition) is 2. The van der Waals surface area contributed by atoms with Gasteiger partial charge in [-0.2, -0.15) is 5.26 Å². The summed E-state index contributed by atoms with van der Waals surface area (Å²) in [4.78, 5) is 0. The molecular formula is C10H9BrFNO. The molecule has 0 amide bonds. The van der Waals surface area contributed by atoms with E-state index in [1.165, 1.54) is 7.11 Å². The summed E-state index contributed by atoms with van der Waals surface area (Å²) in [6.07, 6.45) is 0.683. The molecule has 0 unspecified atom stereocenters. The Bertz CT molecular complexity index is 373. The van der Waals surface area contributed by atoms with Crippen molar-refractivity contribution in [3.8, 4) is 11.8 Å². The lowest BCUT2D eigenvalue weighted by Crippen LogP contribution is -1.96. The Labute approximate surface area is 90.4 Å². The topological polar surface area (TPSA) is 33.0 Å².